The molecular weight excluding hydrogens is 202 g/mol. The van der Waals surface area contributed by atoms with E-state index in [1.54, 1.807) is 0 Å². The van der Waals surface area contributed by atoms with Crippen LogP contribution in [0.25, 0.3) is 6.08 Å². The predicted molar refractivity (Wildman–Crippen MR) is 51.4 cm³/mol. The number of rotatable bonds is 3. The highest BCUT2D eigenvalue weighted by Crippen LogP contribution is 2.23. The summed E-state index contributed by atoms with van der Waals surface area (Å²) in [4.78, 5) is 20.0. The van der Waals surface area contributed by atoms with Gasteiger partial charge in [0.25, 0.3) is 5.69 Å². The normalized spacial score (nSPS) is 10.4. The molecule has 0 saturated heterocycles. The summed E-state index contributed by atoms with van der Waals surface area (Å²) in [5, 5.41) is 28.0. The predicted octanol–water partition coefficient (Wildman–Crippen LogP) is 1.40. The summed E-state index contributed by atoms with van der Waals surface area (Å²) in [6.45, 7) is 0. The summed E-state index contributed by atoms with van der Waals surface area (Å²) in [6, 6.07) is 3.36. The molecule has 0 fully saturated rings. The first-order valence-corrected chi connectivity index (χ1v) is 3.89. The quantitative estimate of drug-likeness (QED) is 0.445. The van der Waals surface area contributed by atoms with Gasteiger partial charge in [0.1, 0.15) is 5.75 Å². The Morgan fingerprint density at radius 1 is 1.47 bits per heavy atom. The number of phenolic OH excluding ortho intramolecular Hbond substituents is 1. The topological polar surface area (TPSA) is 101 Å². The Bertz CT molecular complexity index is 438. The summed E-state index contributed by atoms with van der Waals surface area (Å²) >= 11 is 0. The van der Waals surface area contributed by atoms with Gasteiger partial charge in [-0.25, -0.2) is 4.79 Å². The van der Waals surface area contributed by atoms with Crippen LogP contribution in [0.5, 0.6) is 5.75 Å². The maximum absolute atomic E-state index is 10.4. The summed E-state index contributed by atoms with van der Waals surface area (Å²) in [7, 11) is 0. The number of carboxylic acid groups (broad SMARTS) is 1. The molecule has 0 heterocycles. The van der Waals surface area contributed by atoms with Crippen molar-refractivity contribution < 1.29 is 19.9 Å². The first kappa shape index (κ1) is 10.7. The Hall–Kier alpha value is -2.37. The molecule has 0 atom stereocenters. The first-order valence-electron chi connectivity index (χ1n) is 3.89. The summed E-state index contributed by atoms with van der Waals surface area (Å²) in [5.74, 6) is -1.40. The lowest BCUT2D eigenvalue weighted by Gasteiger charge is -1.97. The van der Waals surface area contributed by atoms with Crippen LogP contribution in [0.1, 0.15) is 5.56 Å². The van der Waals surface area contributed by atoms with Crippen molar-refractivity contribution in [1.29, 1.82) is 0 Å². The minimum Gasteiger partial charge on any atom is -0.507 e. The maximum Gasteiger partial charge on any atom is 0.328 e. The Morgan fingerprint density at radius 3 is 2.67 bits per heavy atom. The van der Waals surface area contributed by atoms with Gasteiger partial charge in [-0.3, -0.25) is 10.1 Å². The van der Waals surface area contributed by atoms with Crippen molar-refractivity contribution in [1.82, 2.24) is 0 Å². The van der Waals surface area contributed by atoms with Crippen molar-refractivity contribution >= 4 is 17.7 Å². The standard InChI is InChI=1S/C9H7NO5/c11-8-3-2-7(10(14)15)5-6(8)1-4-9(12)13/h1-5,11H,(H,12,13)/b4-1-. The molecule has 0 amide bonds. The van der Waals surface area contributed by atoms with E-state index in [-0.39, 0.29) is 17.0 Å². The number of aromatic hydroxyl groups is 1. The lowest BCUT2D eigenvalue weighted by atomic mass is 10.1. The Balaban J connectivity index is 3.11. The third kappa shape index (κ3) is 2.80. The molecule has 0 aromatic heterocycles. The number of phenols is 1. The van der Waals surface area contributed by atoms with Gasteiger partial charge >= 0.3 is 5.97 Å². The summed E-state index contributed by atoms with van der Waals surface area (Å²) in [6.07, 6.45) is 1.88. The summed E-state index contributed by atoms with van der Waals surface area (Å²) < 4.78 is 0. The number of aliphatic carboxylic acids is 1. The molecule has 0 spiro atoms. The van der Waals surface area contributed by atoms with Crippen LogP contribution in [0.2, 0.25) is 0 Å². The number of nitro groups is 1. The number of carboxylic acids is 1. The van der Waals surface area contributed by atoms with Crippen LogP contribution in [0.4, 0.5) is 5.69 Å². The van der Waals surface area contributed by atoms with Crippen LogP contribution in [-0.2, 0) is 4.79 Å². The van der Waals surface area contributed by atoms with Crippen LogP contribution in [-0.4, -0.2) is 21.1 Å². The minimum absolute atomic E-state index is 0.0894. The smallest absolute Gasteiger partial charge is 0.328 e. The van der Waals surface area contributed by atoms with E-state index in [9.17, 15) is 20.0 Å². The van der Waals surface area contributed by atoms with Gasteiger partial charge in [-0.05, 0) is 12.1 Å². The molecule has 6 nitrogen and oxygen atoms in total. The number of nitro benzene ring substituents is 1. The lowest BCUT2D eigenvalue weighted by Crippen LogP contribution is -1.89. The number of hydrogen-bond donors (Lipinski definition) is 2. The molecule has 1 aromatic carbocycles. The van der Waals surface area contributed by atoms with E-state index in [2.05, 4.69) is 0 Å². The molecule has 0 radical (unpaired) electrons. The molecule has 1 aromatic rings. The van der Waals surface area contributed by atoms with E-state index < -0.39 is 10.9 Å². The Labute approximate surface area is 84.2 Å². The van der Waals surface area contributed by atoms with Gasteiger partial charge in [0, 0.05) is 23.8 Å². The van der Waals surface area contributed by atoms with Gasteiger partial charge in [-0.2, -0.15) is 0 Å². The summed E-state index contributed by atoms with van der Waals surface area (Å²) in [5.41, 5.74) is -0.121. The van der Waals surface area contributed by atoms with Gasteiger partial charge in [-0.1, -0.05) is 0 Å². The molecule has 1 rings (SSSR count). The number of non-ortho nitro benzene ring substituents is 1. The highest BCUT2D eigenvalue weighted by molar-refractivity contribution is 5.86. The molecule has 0 aliphatic carbocycles. The fraction of sp³-hybridized carbons (Fsp3) is 0. The molecular formula is C9H7NO5. The van der Waals surface area contributed by atoms with Crippen LogP contribution < -0.4 is 0 Å². The number of benzene rings is 1. The van der Waals surface area contributed by atoms with E-state index in [1.807, 2.05) is 0 Å². The zero-order valence-electron chi connectivity index (χ0n) is 7.45. The van der Waals surface area contributed by atoms with Crippen LogP contribution in [0.3, 0.4) is 0 Å². The van der Waals surface area contributed by atoms with Crippen LogP contribution in [0, 0.1) is 10.1 Å². The minimum atomic E-state index is -1.19. The van der Waals surface area contributed by atoms with Crippen molar-refractivity contribution in [2.75, 3.05) is 0 Å². The lowest BCUT2D eigenvalue weighted by molar-refractivity contribution is -0.384. The third-order valence-corrected chi connectivity index (χ3v) is 1.63. The van der Waals surface area contributed by atoms with Gasteiger partial charge in [-0.15, -0.1) is 0 Å². The van der Waals surface area contributed by atoms with E-state index in [0.717, 1.165) is 30.4 Å². The molecule has 78 valence electrons. The van der Waals surface area contributed by atoms with Crippen molar-refractivity contribution in [3.05, 3.63) is 40.0 Å². The first-order chi connectivity index (χ1) is 7.00. The van der Waals surface area contributed by atoms with E-state index in [0.29, 0.717) is 0 Å². The van der Waals surface area contributed by atoms with Crippen LogP contribution in [0.15, 0.2) is 24.3 Å². The number of carbonyl (C=O) groups is 1. The van der Waals surface area contributed by atoms with E-state index in [1.165, 1.54) is 0 Å². The monoisotopic (exact) mass is 209 g/mol. The Kier molecular flexibility index (Phi) is 3.02. The zero-order chi connectivity index (χ0) is 11.4. The fourth-order valence-corrected chi connectivity index (χ4v) is 0.950. The maximum atomic E-state index is 10.4. The fourth-order valence-electron chi connectivity index (χ4n) is 0.950. The Morgan fingerprint density at radius 2 is 2.13 bits per heavy atom. The van der Waals surface area contributed by atoms with Crippen molar-refractivity contribution in [3.8, 4) is 5.75 Å². The van der Waals surface area contributed by atoms with Gasteiger partial charge in [0.05, 0.1) is 4.92 Å². The SMILES string of the molecule is O=C(O)/C=C\c1cc([N+](=O)[O-])ccc1O. The molecule has 0 saturated carbocycles. The third-order valence-electron chi connectivity index (χ3n) is 1.63. The van der Waals surface area contributed by atoms with E-state index >= 15 is 0 Å². The van der Waals surface area contributed by atoms with E-state index in [4.69, 9.17) is 5.11 Å². The second kappa shape index (κ2) is 4.23. The highest BCUT2D eigenvalue weighted by Gasteiger charge is 2.08. The zero-order valence-corrected chi connectivity index (χ0v) is 7.45. The van der Waals surface area contributed by atoms with Gasteiger partial charge in [0.2, 0.25) is 0 Å². The molecule has 15 heavy (non-hydrogen) atoms. The molecule has 0 aliphatic heterocycles. The number of hydrogen-bond acceptors (Lipinski definition) is 4. The molecule has 0 unspecified atom stereocenters. The van der Waals surface area contributed by atoms with Crippen molar-refractivity contribution in [2.24, 2.45) is 0 Å². The van der Waals surface area contributed by atoms with Crippen molar-refractivity contribution in [2.45, 2.75) is 0 Å². The molecule has 6 heteroatoms. The molecule has 0 aliphatic rings. The second-order valence-corrected chi connectivity index (χ2v) is 2.67. The van der Waals surface area contributed by atoms with Gasteiger partial charge < -0.3 is 10.2 Å². The van der Waals surface area contributed by atoms with Gasteiger partial charge in [0.15, 0.2) is 0 Å². The molecule has 0 bridgehead atoms. The average Bonchev–Trinajstić information content (AvgIpc) is 2.16. The largest absolute Gasteiger partial charge is 0.507 e. The second-order valence-electron chi connectivity index (χ2n) is 2.67. The van der Waals surface area contributed by atoms with Crippen LogP contribution >= 0.6 is 0 Å². The average molecular weight is 209 g/mol. The molecule has 2 N–H and O–H groups in total. The highest BCUT2D eigenvalue weighted by atomic mass is 16.6. The number of nitrogens with zero attached hydrogens (tertiary/aromatic N) is 1. The van der Waals surface area contributed by atoms with Crippen molar-refractivity contribution in [3.63, 3.8) is 0 Å².